The Kier molecular flexibility index (Phi) is 4.84. The second-order valence-corrected chi connectivity index (χ2v) is 5.12. The fraction of sp³-hybridized carbons (Fsp3) is 0.533. The highest BCUT2D eigenvalue weighted by atomic mass is 16.5. The lowest BCUT2D eigenvalue weighted by Crippen LogP contribution is -2.36. The van der Waals surface area contributed by atoms with Crippen LogP contribution in [0.5, 0.6) is 0 Å². The molecule has 5 nitrogen and oxygen atoms in total. The van der Waals surface area contributed by atoms with E-state index in [-0.39, 0.29) is 5.97 Å². The SMILES string of the molecule is COCC1CCN(c2c(N)cccc2C(=O)OC)CC1. The van der Waals surface area contributed by atoms with Crippen LogP contribution >= 0.6 is 0 Å². The number of nitrogen functional groups attached to an aromatic ring is 1. The number of carbonyl (C=O) groups is 1. The molecule has 1 saturated heterocycles. The molecule has 0 atom stereocenters. The van der Waals surface area contributed by atoms with Crippen molar-refractivity contribution in [1.82, 2.24) is 0 Å². The average Bonchev–Trinajstić information content (AvgIpc) is 2.47. The van der Waals surface area contributed by atoms with Gasteiger partial charge in [-0.25, -0.2) is 4.79 Å². The second kappa shape index (κ2) is 6.61. The summed E-state index contributed by atoms with van der Waals surface area (Å²) in [6.07, 6.45) is 2.09. The molecule has 0 bridgehead atoms. The molecule has 0 radical (unpaired) electrons. The van der Waals surface area contributed by atoms with Crippen LogP contribution in [0.25, 0.3) is 0 Å². The number of hydrogen-bond acceptors (Lipinski definition) is 5. The molecule has 1 heterocycles. The monoisotopic (exact) mass is 278 g/mol. The van der Waals surface area contributed by atoms with Crippen LogP contribution in [-0.2, 0) is 9.47 Å². The van der Waals surface area contributed by atoms with Gasteiger partial charge >= 0.3 is 5.97 Å². The van der Waals surface area contributed by atoms with Crippen molar-refractivity contribution in [2.24, 2.45) is 5.92 Å². The number of para-hydroxylation sites is 1. The average molecular weight is 278 g/mol. The number of anilines is 2. The van der Waals surface area contributed by atoms with Gasteiger partial charge in [-0.05, 0) is 30.9 Å². The van der Waals surface area contributed by atoms with Crippen LogP contribution < -0.4 is 10.6 Å². The summed E-state index contributed by atoms with van der Waals surface area (Å²) in [6, 6.07) is 5.37. The Bertz CT molecular complexity index is 468. The van der Waals surface area contributed by atoms with E-state index in [0.29, 0.717) is 17.2 Å². The molecule has 1 fully saturated rings. The van der Waals surface area contributed by atoms with Crippen molar-refractivity contribution in [1.29, 1.82) is 0 Å². The Morgan fingerprint density at radius 3 is 2.65 bits per heavy atom. The first-order valence-electron chi connectivity index (χ1n) is 6.88. The first-order valence-corrected chi connectivity index (χ1v) is 6.88. The molecule has 1 aromatic carbocycles. The number of methoxy groups -OCH3 is 2. The summed E-state index contributed by atoms with van der Waals surface area (Å²) in [5.41, 5.74) is 8.03. The molecule has 0 aromatic heterocycles. The lowest BCUT2D eigenvalue weighted by atomic mass is 9.96. The van der Waals surface area contributed by atoms with E-state index in [1.807, 2.05) is 6.07 Å². The van der Waals surface area contributed by atoms with E-state index in [9.17, 15) is 4.79 Å². The van der Waals surface area contributed by atoms with Crippen molar-refractivity contribution >= 4 is 17.3 Å². The van der Waals surface area contributed by atoms with Gasteiger partial charge in [0.1, 0.15) is 0 Å². The number of nitrogens with zero attached hydrogens (tertiary/aromatic N) is 1. The molecular weight excluding hydrogens is 256 g/mol. The number of benzene rings is 1. The molecule has 2 N–H and O–H groups in total. The number of carbonyl (C=O) groups excluding carboxylic acids is 1. The maximum absolute atomic E-state index is 11.9. The van der Waals surface area contributed by atoms with E-state index in [0.717, 1.165) is 38.2 Å². The highest BCUT2D eigenvalue weighted by Crippen LogP contribution is 2.32. The van der Waals surface area contributed by atoms with E-state index in [1.54, 1.807) is 19.2 Å². The van der Waals surface area contributed by atoms with Crippen molar-refractivity contribution in [3.05, 3.63) is 23.8 Å². The Morgan fingerprint density at radius 2 is 2.05 bits per heavy atom. The van der Waals surface area contributed by atoms with E-state index >= 15 is 0 Å². The Labute approximate surface area is 119 Å². The molecule has 1 aromatic rings. The van der Waals surface area contributed by atoms with Crippen molar-refractivity contribution in [2.75, 3.05) is 44.5 Å². The van der Waals surface area contributed by atoms with E-state index in [4.69, 9.17) is 15.2 Å². The third-order valence-electron chi connectivity index (χ3n) is 3.81. The van der Waals surface area contributed by atoms with Crippen LogP contribution in [0.4, 0.5) is 11.4 Å². The van der Waals surface area contributed by atoms with Crippen LogP contribution in [0.2, 0.25) is 0 Å². The molecule has 5 heteroatoms. The van der Waals surface area contributed by atoms with Gasteiger partial charge in [-0.1, -0.05) is 6.07 Å². The zero-order valence-electron chi connectivity index (χ0n) is 12.1. The quantitative estimate of drug-likeness (QED) is 0.673. The number of esters is 1. The standard InChI is InChI=1S/C15H22N2O3/c1-19-10-11-6-8-17(9-7-11)14-12(15(18)20-2)4-3-5-13(14)16/h3-5,11H,6-10,16H2,1-2H3. The van der Waals surface area contributed by atoms with E-state index in [2.05, 4.69) is 4.90 Å². The van der Waals surface area contributed by atoms with E-state index in [1.165, 1.54) is 7.11 Å². The molecule has 20 heavy (non-hydrogen) atoms. The number of nitrogens with two attached hydrogens (primary N) is 1. The first kappa shape index (κ1) is 14.7. The summed E-state index contributed by atoms with van der Waals surface area (Å²) in [4.78, 5) is 14.0. The minimum atomic E-state index is -0.341. The van der Waals surface area contributed by atoms with Gasteiger partial charge in [0.05, 0.1) is 24.0 Å². The predicted octanol–water partition coefficient (Wildman–Crippen LogP) is 1.92. The molecule has 0 spiro atoms. The third kappa shape index (κ3) is 3.04. The predicted molar refractivity (Wildman–Crippen MR) is 79.0 cm³/mol. The Hall–Kier alpha value is -1.75. The second-order valence-electron chi connectivity index (χ2n) is 5.12. The van der Waals surface area contributed by atoms with Gasteiger partial charge in [-0.15, -0.1) is 0 Å². The van der Waals surface area contributed by atoms with Crippen molar-refractivity contribution in [3.63, 3.8) is 0 Å². The summed E-state index contributed by atoms with van der Waals surface area (Å²) in [5.74, 6) is 0.245. The van der Waals surface area contributed by atoms with Gasteiger partial charge in [-0.3, -0.25) is 0 Å². The lowest BCUT2D eigenvalue weighted by molar-refractivity contribution is 0.0601. The minimum Gasteiger partial charge on any atom is -0.465 e. The van der Waals surface area contributed by atoms with Crippen LogP contribution in [0, 0.1) is 5.92 Å². The fourth-order valence-corrected chi connectivity index (χ4v) is 2.75. The summed E-state index contributed by atoms with van der Waals surface area (Å²) >= 11 is 0. The minimum absolute atomic E-state index is 0.341. The van der Waals surface area contributed by atoms with Crippen LogP contribution in [0.3, 0.4) is 0 Å². The highest BCUT2D eigenvalue weighted by Gasteiger charge is 2.24. The van der Waals surface area contributed by atoms with Gasteiger partial charge in [0.15, 0.2) is 0 Å². The molecule has 1 aliphatic rings. The van der Waals surface area contributed by atoms with Gasteiger partial charge in [0, 0.05) is 26.8 Å². The molecule has 1 aliphatic heterocycles. The lowest BCUT2D eigenvalue weighted by Gasteiger charge is -2.34. The topological polar surface area (TPSA) is 64.8 Å². The summed E-state index contributed by atoms with van der Waals surface area (Å²) in [5, 5.41) is 0. The van der Waals surface area contributed by atoms with Gasteiger partial charge in [0.2, 0.25) is 0 Å². The van der Waals surface area contributed by atoms with Crippen molar-refractivity contribution < 1.29 is 14.3 Å². The van der Waals surface area contributed by atoms with Crippen LogP contribution in [-0.4, -0.2) is 39.9 Å². The maximum Gasteiger partial charge on any atom is 0.340 e. The molecular formula is C15H22N2O3. The van der Waals surface area contributed by atoms with Gasteiger partial charge in [0.25, 0.3) is 0 Å². The molecule has 110 valence electrons. The summed E-state index contributed by atoms with van der Waals surface area (Å²) < 4.78 is 10.0. The third-order valence-corrected chi connectivity index (χ3v) is 3.81. The fourth-order valence-electron chi connectivity index (χ4n) is 2.75. The summed E-state index contributed by atoms with van der Waals surface area (Å²) in [6.45, 7) is 2.56. The number of rotatable bonds is 4. The smallest absolute Gasteiger partial charge is 0.340 e. The molecule has 0 unspecified atom stereocenters. The van der Waals surface area contributed by atoms with Crippen LogP contribution in [0.1, 0.15) is 23.2 Å². The summed E-state index contributed by atoms with van der Waals surface area (Å²) in [7, 11) is 3.12. The zero-order chi connectivity index (χ0) is 14.5. The van der Waals surface area contributed by atoms with Crippen molar-refractivity contribution in [3.8, 4) is 0 Å². The highest BCUT2D eigenvalue weighted by molar-refractivity contribution is 5.99. The molecule has 0 saturated carbocycles. The molecule has 0 aliphatic carbocycles. The van der Waals surface area contributed by atoms with Crippen LogP contribution in [0.15, 0.2) is 18.2 Å². The first-order chi connectivity index (χ1) is 9.67. The normalized spacial score (nSPS) is 16.2. The Balaban J connectivity index is 2.19. The number of ether oxygens (including phenoxy) is 2. The zero-order valence-corrected chi connectivity index (χ0v) is 12.1. The molecule has 2 rings (SSSR count). The van der Waals surface area contributed by atoms with Crippen molar-refractivity contribution in [2.45, 2.75) is 12.8 Å². The number of piperidine rings is 1. The van der Waals surface area contributed by atoms with Gasteiger partial charge < -0.3 is 20.1 Å². The maximum atomic E-state index is 11.9. The largest absolute Gasteiger partial charge is 0.465 e. The van der Waals surface area contributed by atoms with Gasteiger partial charge in [-0.2, -0.15) is 0 Å². The molecule has 0 amide bonds. The Morgan fingerprint density at radius 1 is 1.35 bits per heavy atom. The van der Waals surface area contributed by atoms with E-state index < -0.39 is 0 Å². The number of hydrogen-bond donors (Lipinski definition) is 1.